The number of piperidine rings is 1. The van der Waals surface area contributed by atoms with Gasteiger partial charge in [0.25, 0.3) is 0 Å². The van der Waals surface area contributed by atoms with Gasteiger partial charge in [0.05, 0.1) is 6.04 Å². The van der Waals surface area contributed by atoms with Gasteiger partial charge >= 0.3 is 5.97 Å². The van der Waals surface area contributed by atoms with Crippen LogP contribution in [0.5, 0.6) is 0 Å². The third-order valence-electron chi connectivity index (χ3n) is 2.47. The predicted octanol–water partition coefficient (Wildman–Crippen LogP) is 0.928. The lowest BCUT2D eigenvalue weighted by Gasteiger charge is -2.22. The van der Waals surface area contributed by atoms with Crippen LogP contribution < -0.4 is 5.32 Å². The van der Waals surface area contributed by atoms with Gasteiger partial charge in [-0.05, 0) is 25.5 Å². The number of nitrogens with zero attached hydrogens (tertiary/aromatic N) is 2. The first-order valence-electron chi connectivity index (χ1n) is 4.76. The molecule has 1 atom stereocenters. The summed E-state index contributed by atoms with van der Waals surface area (Å²) in [6, 6.07) is 1.84. The van der Waals surface area contributed by atoms with Gasteiger partial charge in [0.2, 0.25) is 0 Å². The lowest BCUT2D eigenvalue weighted by atomic mass is 10.1. The van der Waals surface area contributed by atoms with Crippen molar-refractivity contribution in [2.24, 2.45) is 0 Å². The molecular formula is C9H14ClN3O2. The molecule has 0 saturated carbocycles. The second kappa shape index (κ2) is 5.14. The third kappa shape index (κ3) is 2.70. The SMILES string of the molecule is Cl.O=C(O)c1ccn(C2CCCNC2)n1. The number of carboxylic acid groups (broad SMARTS) is 1. The Morgan fingerprint density at radius 2 is 2.47 bits per heavy atom. The Hall–Kier alpha value is -1.07. The molecule has 2 N–H and O–H groups in total. The molecule has 0 bridgehead atoms. The summed E-state index contributed by atoms with van der Waals surface area (Å²) in [7, 11) is 0. The summed E-state index contributed by atoms with van der Waals surface area (Å²) < 4.78 is 1.75. The summed E-state index contributed by atoms with van der Waals surface area (Å²) in [5.74, 6) is -0.965. The van der Waals surface area contributed by atoms with Crippen molar-refractivity contribution in [3.05, 3.63) is 18.0 Å². The first-order chi connectivity index (χ1) is 6.77. The number of hydrogen-bond acceptors (Lipinski definition) is 3. The Bertz CT molecular complexity index is 334. The molecule has 0 radical (unpaired) electrons. The summed E-state index contributed by atoms with van der Waals surface area (Å²) >= 11 is 0. The predicted molar refractivity (Wildman–Crippen MR) is 57.6 cm³/mol. The van der Waals surface area contributed by atoms with Crippen LogP contribution in [-0.2, 0) is 0 Å². The quantitative estimate of drug-likeness (QED) is 0.795. The summed E-state index contributed by atoms with van der Waals surface area (Å²) in [5.41, 5.74) is 0.121. The molecule has 2 heterocycles. The Balaban J connectivity index is 0.00000112. The highest BCUT2D eigenvalue weighted by Crippen LogP contribution is 2.15. The van der Waals surface area contributed by atoms with E-state index in [9.17, 15) is 4.79 Å². The fourth-order valence-electron chi connectivity index (χ4n) is 1.71. The molecule has 0 aromatic carbocycles. The summed E-state index contributed by atoms with van der Waals surface area (Å²) in [6.45, 7) is 1.92. The zero-order valence-corrected chi connectivity index (χ0v) is 9.04. The number of aromatic carboxylic acids is 1. The normalized spacial score (nSPS) is 20.7. The molecule has 1 aliphatic rings. The average molecular weight is 232 g/mol. The summed E-state index contributed by atoms with van der Waals surface area (Å²) in [5, 5.41) is 16.0. The minimum Gasteiger partial charge on any atom is -0.476 e. The van der Waals surface area contributed by atoms with Gasteiger partial charge in [-0.15, -0.1) is 12.4 Å². The van der Waals surface area contributed by atoms with Crippen LogP contribution in [0, 0.1) is 0 Å². The monoisotopic (exact) mass is 231 g/mol. The van der Waals surface area contributed by atoms with Crippen molar-refractivity contribution in [1.82, 2.24) is 15.1 Å². The van der Waals surface area contributed by atoms with Crippen LogP contribution in [0.1, 0.15) is 29.4 Å². The second-order valence-electron chi connectivity index (χ2n) is 3.49. The molecule has 1 unspecified atom stereocenters. The molecule has 0 aliphatic carbocycles. The molecule has 6 heteroatoms. The molecule has 0 amide bonds. The number of nitrogens with one attached hydrogen (secondary N) is 1. The van der Waals surface area contributed by atoms with E-state index in [1.807, 2.05) is 0 Å². The van der Waals surface area contributed by atoms with Gasteiger partial charge in [-0.3, -0.25) is 4.68 Å². The largest absolute Gasteiger partial charge is 0.476 e. The van der Waals surface area contributed by atoms with Crippen LogP contribution in [0.25, 0.3) is 0 Å². The van der Waals surface area contributed by atoms with Gasteiger partial charge in [-0.25, -0.2) is 4.79 Å². The van der Waals surface area contributed by atoms with Crippen molar-refractivity contribution in [2.45, 2.75) is 18.9 Å². The fourth-order valence-corrected chi connectivity index (χ4v) is 1.71. The lowest BCUT2D eigenvalue weighted by molar-refractivity contribution is 0.0689. The maximum absolute atomic E-state index is 10.6. The van der Waals surface area contributed by atoms with Crippen LogP contribution in [0.15, 0.2) is 12.3 Å². The number of carbonyl (C=O) groups is 1. The Morgan fingerprint density at radius 3 is 3.00 bits per heavy atom. The van der Waals surface area contributed by atoms with Gasteiger partial charge in [-0.1, -0.05) is 0 Å². The molecule has 1 fully saturated rings. The standard InChI is InChI=1S/C9H13N3O2.ClH/c13-9(14)8-3-5-12(11-8)7-2-1-4-10-6-7;/h3,5,7,10H,1-2,4,6H2,(H,13,14);1H. The van der Waals surface area contributed by atoms with Crippen LogP contribution in [0.4, 0.5) is 0 Å². The van der Waals surface area contributed by atoms with E-state index in [1.54, 1.807) is 10.9 Å². The molecule has 84 valence electrons. The van der Waals surface area contributed by atoms with E-state index in [2.05, 4.69) is 10.4 Å². The van der Waals surface area contributed by atoms with E-state index in [-0.39, 0.29) is 18.1 Å². The zero-order valence-electron chi connectivity index (χ0n) is 8.22. The number of aromatic nitrogens is 2. The number of rotatable bonds is 2. The highest BCUT2D eigenvalue weighted by atomic mass is 35.5. The number of halogens is 1. The van der Waals surface area contributed by atoms with Crippen LogP contribution in [-0.4, -0.2) is 33.9 Å². The van der Waals surface area contributed by atoms with Gasteiger partial charge in [-0.2, -0.15) is 5.10 Å². The van der Waals surface area contributed by atoms with Crippen LogP contribution in [0.3, 0.4) is 0 Å². The average Bonchev–Trinajstić information content (AvgIpc) is 2.68. The van der Waals surface area contributed by atoms with Gasteiger partial charge in [0, 0.05) is 12.7 Å². The first-order valence-corrected chi connectivity index (χ1v) is 4.76. The van der Waals surface area contributed by atoms with E-state index >= 15 is 0 Å². The summed E-state index contributed by atoms with van der Waals surface area (Å²) in [6.07, 6.45) is 3.92. The molecule has 1 saturated heterocycles. The minimum atomic E-state index is -0.965. The molecule has 1 aromatic heterocycles. The number of carboxylic acids is 1. The third-order valence-corrected chi connectivity index (χ3v) is 2.47. The van der Waals surface area contributed by atoms with Crippen LogP contribution in [0.2, 0.25) is 0 Å². The van der Waals surface area contributed by atoms with Crippen molar-refractivity contribution in [1.29, 1.82) is 0 Å². The van der Waals surface area contributed by atoms with Crippen molar-refractivity contribution >= 4 is 18.4 Å². The van der Waals surface area contributed by atoms with Gasteiger partial charge in [0.1, 0.15) is 0 Å². The van der Waals surface area contributed by atoms with Crippen molar-refractivity contribution < 1.29 is 9.90 Å². The number of hydrogen-bond donors (Lipinski definition) is 2. The highest BCUT2D eigenvalue weighted by molar-refractivity contribution is 5.85. The smallest absolute Gasteiger partial charge is 0.356 e. The topological polar surface area (TPSA) is 67.2 Å². The Labute approximate surface area is 93.9 Å². The molecule has 15 heavy (non-hydrogen) atoms. The first kappa shape index (κ1) is 12.0. The van der Waals surface area contributed by atoms with E-state index < -0.39 is 5.97 Å². The molecular weight excluding hydrogens is 218 g/mol. The maximum Gasteiger partial charge on any atom is 0.356 e. The van der Waals surface area contributed by atoms with Gasteiger partial charge in [0.15, 0.2) is 5.69 Å². The Kier molecular flexibility index (Phi) is 4.11. The van der Waals surface area contributed by atoms with Gasteiger partial charge < -0.3 is 10.4 Å². The molecule has 5 nitrogen and oxygen atoms in total. The van der Waals surface area contributed by atoms with E-state index in [1.165, 1.54) is 6.07 Å². The van der Waals surface area contributed by atoms with E-state index in [4.69, 9.17) is 5.11 Å². The van der Waals surface area contributed by atoms with E-state index in [0.29, 0.717) is 6.04 Å². The fraction of sp³-hybridized carbons (Fsp3) is 0.556. The lowest BCUT2D eigenvalue weighted by Crippen LogP contribution is -2.31. The van der Waals surface area contributed by atoms with E-state index in [0.717, 1.165) is 25.9 Å². The van der Waals surface area contributed by atoms with Crippen molar-refractivity contribution in [2.75, 3.05) is 13.1 Å². The zero-order chi connectivity index (χ0) is 9.97. The Morgan fingerprint density at radius 1 is 1.67 bits per heavy atom. The molecule has 0 spiro atoms. The van der Waals surface area contributed by atoms with Crippen molar-refractivity contribution in [3.63, 3.8) is 0 Å². The molecule has 2 rings (SSSR count). The summed E-state index contributed by atoms with van der Waals surface area (Å²) in [4.78, 5) is 10.6. The minimum absolute atomic E-state index is 0. The van der Waals surface area contributed by atoms with Crippen molar-refractivity contribution in [3.8, 4) is 0 Å². The van der Waals surface area contributed by atoms with Crippen LogP contribution >= 0.6 is 12.4 Å². The maximum atomic E-state index is 10.6. The molecule has 1 aliphatic heterocycles. The second-order valence-corrected chi connectivity index (χ2v) is 3.49. The molecule has 1 aromatic rings. The highest BCUT2D eigenvalue weighted by Gasteiger charge is 2.16.